The van der Waals surface area contributed by atoms with Gasteiger partial charge in [-0.25, -0.2) is 15.0 Å². The third-order valence-corrected chi connectivity index (χ3v) is 7.56. The zero-order valence-electron chi connectivity index (χ0n) is 23.4. The molecule has 1 saturated heterocycles. The van der Waals surface area contributed by atoms with Gasteiger partial charge in [0.1, 0.15) is 23.5 Å². The molecule has 10 heteroatoms. The summed E-state index contributed by atoms with van der Waals surface area (Å²) in [7, 11) is 1.98. The van der Waals surface area contributed by atoms with Gasteiger partial charge in [0.15, 0.2) is 0 Å². The molecule has 208 valence electrons. The van der Waals surface area contributed by atoms with Crippen LogP contribution in [0.2, 0.25) is 0 Å². The van der Waals surface area contributed by atoms with Gasteiger partial charge in [-0.2, -0.15) is 5.10 Å². The van der Waals surface area contributed by atoms with Crippen molar-refractivity contribution in [1.29, 1.82) is 0 Å². The summed E-state index contributed by atoms with van der Waals surface area (Å²) in [5.41, 5.74) is 11.9. The molecule has 0 radical (unpaired) electrons. The van der Waals surface area contributed by atoms with E-state index in [1.165, 1.54) is 6.33 Å². The SMILES string of the molecule is C/C=C/C(=O)N1CCC(n2cc(-c3c(-c4ccc(Oc5cccc(C)n5)cc4)c4c(N)ncnc4n3C)cn2)CC1. The smallest absolute Gasteiger partial charge is 0.246 e. The summed E-state index contributed by atoms with van der Waals surface area (Å²) in [6, 6.07) is 13.8. The molecule has 0 spiro atoms. The molecular weight excluding hydrogens is 516 g/mol. The molecule has 0 bridgehead atoms. The van der Waals surface area contributed by atoms with E-state index in [0.717, 1.165) is 52.0 Å². The maximum Gasteiger partial charge on any atom is 0.246 e. The minimum atomic E-state index is 0.0671. The molecule has 6 rings (SSSR count). The first-order chi connectivity index (χ1) is 19.9. The fourth-order valence-electron chi connectivity index (χ4n) is 5.54. The number of aryl methyl sites for hydroxylation is 2. The van der Waals surface area contributed by atoms with Crippen LogP contribution >= 0.6 is 0 Å². The van der Waals surface area contributed by atoms with Gasteiger partial charge >= 0.3 is 0 Å². The average Bonchev–Trinajstić information content (AvgIpc) is 3.57. The van der Waals surface area contributed by atoms with E-state index in [1.54, 1.807) is 12.2 Å². The fraction of sp³-hybridized carbons (Fsp3) is 0.258. The summed E-state index contributed by atoms with van der Waals surface area (Å²) in [6.07, 6.45) is 10.6. The average molecular weight is 549 g/mol. The van der Waals surface area contributed by atoms with E-state index in [0.29, 0.717) is 30.5 Å². The maximum atomic E-state index is 12.3. The van der Waals surface area contributed by atoms with Gasteiger partial charge < -0.3 is 19.9 Å². The second-order valence-electron chi connectivity index (χ2n) is 10.2. The van der Waals surface area contributed by atoms with Gasteiger partial charge in [0.2, 0.25) is 11.8 Å². The first-order valence-electron chi connectivity index (χ1n) is 13.7. The van der Waals surface area contributed by atoms with Crippen LogP contribution < -0.4 is 10.5 Å². The molecule has 0 unspecified atom stereocenters. The van der Waals surface area contributed by atoms with Crippen LogP contribution in [0.15, 0.2) is 73.3 Å². The molecule has 0 atom stereocenters. The summed E-state index contributed by atoms with van der Waals surface area (Å²) in [6.45, 7) is 5.21. The molecule has 4 aromatic heterocycles. The highest BCUT2D eigenvalue weighted by Crippen LogP contribution is 2.42. The Morgan fingerprint density at radius 3 is 2.59 bits per heavy atom. The van der Waals surface area contributed by atoms with Gasteiger partial charge in [-0.05, 0) is 56.5 Å². The number of ether oxygens (including phenoxy) is 1. The Morgan fingerprint density at radius 2 is 1.85 bits per heavy atom. The van der Waals surface area contributed by atoms with Crippen molar-refractivity contribution in [2.75, 3.05) is 18.8 Å². The number of nitrogens with zero attached hydrogens (tertiary/aromatic N) is 7. The molecule has 1 amide bonds. The largest absolute Gasteiger partial charge is 0.439 e. The predicted molar refractivity (Wildman–Crippen MR) is 158 cm³/mol. The van der Waals surface area contributed by atoms with Crippen LogP contribution in [-0.2, 0) is 11.8 Å². The molecule has 10 nitrogen and oxygen atoms in total. The van der Waals surface area contributed by atoms with E-state index < -0.39 is 0 Å². The topological polar surface area (TPSA) is 117 Å². The molecule has 1 aliphatic rings. The number of carbonyl (C=O) groups excluding carboxylic acids is 1. The Balaban J connectivity index is 1.34. The first-order valence-corrected chi connectivity index (χ1v) is 13.7. The van der Waals surface area contributed by atoms with Gasteiger partial charge in [-0.1, -0.05) is 24.3 Å². The van der Waals surface area contributed by atoms with Crippen molar-refractivity contribution in [3.05, 3.63) is 79.0 Å². The van der Waals surface area contributed by atoms with Gasteiger partial charge in [-0.15, -0.1) is 0 Å². The number of piperidine rings is 1. The quantitative estimate of drug-likeness (QED) is 0.286. The van der Waals surface area contributed by atoms with E-state index in [4.69, 9.17) is 15.6 Å². The molecule has 41 heavy (non-hydrogen) atoms. The summed E-state index contributed by atoms with van der Waals surface area (Å²) in [5.74, 6) is 1.72. The van der Waals surface area contributed by atoms with E-state index in [2.05, 4.69) is 21.1 Å². The van der Waals surface area contributed by atoms with Gasteiger partial charge in [0.25, 0.3) is 0 Å². The Morgan fingerprint density at radius 1 is 1.07 bits per heavy atom. The maximum absolute atomic E-state index is 12.3. The second-order valence-corrected chi connectivity index (χ2v) is 10.2. The van der Waals surface area contributed by atoms with E-state index >= 15 is 0 Å². The predicted octanol–water partition coefficient (Wildman–Crippen LogP) is 5.32. The van der Waals surface area contributed by atoms with Crippen molar-refractivity contribution in [3.63, 3.8) is 0 Å². The summed E-state index contributed by atoms with van der Waals surface area (Å²) in [5, 5.41) is 5.54. The third-order valence-electron chi connectivity index (χ3n) is 7.56. The van der Waals surface area contributed by atoms with Gasteiger partial charge in [-0.3, -0.25) is 9.48 Å². The number of pyridine rings is 1. The van der Waals surface area contributed by atoms with Crippen molar-refractivity contribution < 1.29 is 9.53 Å². The van der Waals surface area contributed by atoms with Crippen LogP contribution in [0.5, 0.6) is 11.6 Å². The van der Waals surface area contributed by atoms with E-state index in [9.17, 15) is 4.79 Å². The van der Waals surface area contributed by atoms with Crippen molar-refractivity contribution in [2.45, 2.75) is 32.7 Å². The Labute approximate surface area is 238 Å². The van der Waals surface area contributed by atoms with Crippen LogP contribution in [0.1, 0.15) is 31.5 Å². The van der Waals surface area contributed by atoms with Crippen molar-refractivity contribution in [2.24, 2.45) is 7.05 Å². The second kappa shape index (κ2) is 10.9. The Hall–Kier alpha value is -4.99. The first kappa shape index (κ1) is 26.2. The molecule has 0 aliphatic carbocycles. The monoisotopic (exact) mass is 548 g/mol. The number of allylic oxidation sites excluding steroid dienone is 1. The molecule has 1 aromatic carbocycles. The summed E-state index contributed by atoms with van der Waals surface area (Å²) >= 11 is 0. The molecular formula is C31H32N8O2. The van der Waals surface area contributed by atoms with Crippen LogP contribution in [0.3, 0.4) is 0 Å². The number of likely N-dealkylation sites (tertiary alicyclic amines) is 1. The minimum absolute atomic E-state index is 0.0671. The lowest BCUT2D eigenvalue weighted by Gasteiger charge is -2.31. The highest BCUT2D eigenvalue weighted by Gasteiger charge is 2.26. The van der Waals surface area contributed by atoms with Gasteiger partial charge in [0, 0.05) is 49.2 Å². The van der Waals surface area contributed by atoms with Crippen molar-refractivity contribution in [1.82, 2.24) is 34.2 Å². The van der Waals surface area contributed by atoms with Crippen molar-refractivity contribution in [3.8, 4) is 34.0 Å². The number of nitrogens with two attached hydrogens (primary N) is 1. The number of rotatable bonds is 6. The summed E-state index contributed by atoms with van der Waals surface area (Å²) < 4.78 is 10.0. The molecule has 2 N–H and O–H groups in total. The number of aromatic nitrogens is 6. The van der Waals surface area contributed by atoms with Crippen LogP contribution in [-0.4, -0.2) is 53.2 Å². The number of hydrogen-bond acceptors (Lipinski definition) is 7. The Kier molecular flexibility index (Phi) is 6.96. The standard InChI is InChI=1S/C31H32N8O2/c1-4-6-26(40)38-15-13-23(14-16-38)39-18-22(17-35-39)29-27(28-30(32)33-19-34-31(28)37(29)3)21-9-11-24(12-10-21)41-25-8-5-7-20(2)36-25/h4-12,17-19,23H,13-16H2,1-3H3,(H2,32,33,34)/b6-4+. The van der Waals surface area contributed by atoms with E-state index in [-0.39, 0.29) is 11.9 Å². The van der Waals surface area contributed by atoms with Crippen LogP contribution in [0.4, 0.5) is 5.82 Å². The van der Waals surface area contributed by atoms with Crippen LogP contribution in [0.25, 0.3) is 33.4 Å². The van der Waals surface area contributed by atoms with Gasteiger partial charge in [0.05, 0.1) is 23.3 Å². The minimum Gasteiger partial charge on any atom is -0.439 e. The highest BCUT2D eigenvalue weighted by atomic mass is 16.5. The number of amides is 1. The lowest BCUT2D eigenvalue weighted by molar-refractivity contribution is -0.127. The Bertz CT molecular complexity index is 1740. The third kappa shape index (κ3) is 5.04. The molecule has 0 saturated carbocycles. The highest BCUT2D eigenvalue weighted by molar-refractivity contribution is 6.07. The zero-order chi connectivity index (χ0) is 28.5. The lowest BCUT2D eigenvalue weighted by atomic mass is 10.00. The number of carbonyl (C=O) groups is 1. The number of nitrogen functional groups attached to an aromatic ring is 1. The molecule has 5 heterocycles. The normalized spacial score (nSPS) is 14.3. The summed E-state index contributed by atoms with van der Waals surface area (Å²) in [4.78, 5) is 27.4. The molecule has 1 aliphatic heterocycles. The molecule has 1 fully saturated rings. The van der Waals surface area contributed by atoms with E-state index in [1.807, 2.05) is 83.7 Å². The number of hydrogen-bond donors (Lipinski definition) is 1. The number of fused-ring (bicyclic) bond motifs is 1. The molecule has 5 aromatic rings. The zero-order valence-corrected chi connectivity index (χ0v) is 23.4. The number of anilines is 1. The lowest BCUT2D eigenvalue weighted by Crippen LogP contribution is -2.38. The van der Waals surface area contributed by atoms with Crippen molar-refractivity contribution >= 4 is 22.8 Å². The fourth-order valence-corrected chi connectivity index (χ4v) is 5.54. The van der Waals surface area contributed by atoms with Crippen LogP contribution in [0, 0.1) is 6.92 Å². The number of benzene rings is 1.